The van der Waals surface area contributed by atoms with Crippen molar-refractivity contribution < 1.29 is 9.90 Å². The Bertz CT molecular complexity index is 579. The van der Waals surface area contributed by atoms with Crippen LogP contribution < -0.4 is 10.6 Å². The number of hydrogen-bond donors (Lipinski definition) is 3. The van der Waals surface area contributed by atoms with Crippen molar-refractivity contribution >= 4 is 6.03 Å². The van der Waals surface area contributed by atoms with E-state index in [9.17, 15) is 4.79 Å². The third-order valence-corrected chi connectivity index (χ3v) is 2.96. The maximum Gasteiger partial charge on any atom is 0.315 e. The lowest BCUT2D eigenvalue weighted by Crippen LogP contribution is -2.35. The number of amides is 2. The highest BCUT2D eigenvalue weighted by atomic mass is 16.3. The maximum absolute atomic E-state index is 11.5. The van der Waals surface area contributed by atoms with Crippen LogP contribution in [-0.2, 0) is 6.54 Å². The van der Waals surface area contributed by atoms with Crippen LogP contribution in [0.1, 0.15) is 17.8 Å². The Morgan fingerprint density at radius 3 is 2.81 bits per heavy atom. The third-order valence-electron chi connectivity index (χ3n) is 2.96. The number of aromatic nitrogens is 3. The number of aryl methyl sites for hydroxylation is 1. The Hall–Kier alpha value is -2.41. The van der Waals surface area contributed by atoms with E-state index >= 15 is 0 Å². The highest BCUT2D eigenvalue weighted by Gasteiger charge is 2.03. The molecule has 7 nitrogen and oxygen atoms in total. The predicted octanol–water partition coefficient (Wildman–Crippen LogP) is 0.757. The fourth-order valence-corrected chi connectivity index (χ4v) is 1.81. The second-order valence-corrected chi connectivity index (χ2v) is 4.56. The van der Waals surface area contributed by atoms with Gasteiger partial charge in [0.1, 0.15) is 11.6 Å². The predicted molar refractivity (Wildman–Crippen MR) is 78.0 cm³/mol. The number of rotatable bonds is 6. The SMILES string of the molecule is Cc1nccn1-c1ccc(CNC(=O)NCCCO)cn1. The average molecular weight is 289 g/mol. The molecule has 0 aliphatic heterocycles. The number of pyridine rings is 1. The summed E-state index contributed by atoms with van der Waals surface area (Å²) in [5.74, 6) is 1.66. The number of aliphatic hydroxyl groups is 1. The molecule has 2 aromatic heterocycles. The van der Waals surface area contributed by atoms with E-state index in [1.54, 1.807) is 12.4 Å². The van der Waals surface area contributed by atoms with Gasteiger partial charge >= 0.3 is 6.03 Å². The van der Waals surface area contributed by atoms with Gasteiger partial charge < -0.3 is 15.7 Å². The normalized spacial score (nSPS) is 10.4. The van der Waals surface area contributed by atoms with Gasteiger partial charge in [-0.1, -0.05) is 6.07 Å². The molecule has 0 unspecified atom stereocenters. The molecule has 2 amide bonds. The van der Waals surface area contributed by atoms with Crippen molar-refractivity contribution in [3.05, 3.63) is 42.1 Å². The topological polar surface area (TPSA) is 92.1 Å². The Morgan fingerprint density at radius 2 is 2.19 bits per heavy atom. The first-order valence-corrected chi connectivity index (χ1v) is 6.78. The molecule has 0 spiro atoms. The zero-order valence-electron chi connectivity index (χ0n) is 11.9. The number of aliphatic hydroxyl groups excluding tert-OH is 1. The summed E-state index contributed by atoms with van der Waals surface area (Å²) in [6.45, 7) is 2.84. The number of urea groups is 1. The van der Waals surface area contributed by atoms with Crippen LogP contribution in [0.5, 0.6) is 0 Å². The lowest BCUT2D eigenvalue weighted by molar-refractivity contribution is 0.237. The van der Waals surface area contributed by atoms with Crippen LogP contribution in [0.3, 0.4) is 0 Å². The monoisotopic (exact) mass is 289 g/mol. The van der Waals surface area contributed by atoms with Crippen LogP contribution >= 0.6 is 0 Å². The van der Waals surface area contributed by atoms with E-state index in [0.29, 0.717) is 19.5 Å². The van der Waals surface area contributed by atoms with E-state index in [2.05, 4.69) is 20.6 Å². The summed E-state index contributed by atoms with van der Waals surface area (Å²) >= 11 is 0. The highest BCUT2D eigenvalue weighted by molar-refractivity contribution is 5.73. The van der Waals surface area contributed by atoms with E-state index < -0.39 is 0 Å². The van der Waals surface area contributed by atoms with Gasteiger partial charge in [-0.2, -0.15) is 0 Å². The summed E-state index contributed by atoms with van der Waals surface area (Å²) in [4.78, 5) is 20.0. The van der Waals surface area contributed by atoms with Gasteiger partial charge in [0.05, 0.1) is 0 Å². The van der Waals surface area contributed by atoms with Gasteiger partial charge in [0.2, 0.25) is 0 Å². The Morgan fingerprint density at radius 1 is 1.33 bits per heavy atom. The molecule has 2 aromatic rings. The first-order valence-electron chi connectivity index (χ1n) is 6.78. The van der Waals surface area contributed by atoms with Crippen molar-refractivity contribution in [1.82, 2.24) is 25.2 Å². The minimum absolute atomic E-state index is 0.0688. The van der Waals surface area contributed by atoms with Crippen molar-refractivity contribution in [2.75, 3.05) is 13.2 Å². The minimum atomic E-state index is -0.252. The largest absolute Gasteiger partial charge is 0.396 e. The lowest BCUT2D eigenvalue weighted by Gasteiger charge is -2.08. The number of hydrogen-bond acceptors (Lipinski definition) is 4. The lowest BCUT2D eigenvalue weighted by atomic mass is 10.3. The van der Waals surface area contributed by atoms with Crippen LogP contribution in [0.4, 0.5) is 4.79 Å². The number of carbonyl (C=O) groups is 1. The number of nitrogens with zero attached hydrogens (tertiary/aromatic N) is 3. The quantitative estimate of drug-likeness (QED) is 0.684. The first kappa shape index (κ1) is 15.0. The third kappa shape index (κ3) is 4.28. The molecule has 2 rings (SSSR count). The van der Waals surface area contributed by atoms with Gasteiger partial charge in [-0.05, 0) is 25.0 Å². The second kappa shape index (κ2) is 7.39. The summed E-state index contributed by atoms with van der Waals surface area (Å²) in [6.07, 6.45) is 5.85. The molecular formula is C14H19N5O2. The first-order chi connectivity index (χ1) is 10.2. The fraction of sp³-hybridized carbons (Fsp3) is 0.357. The van der Waals surface area contributed by atoms with Gasteiger partial charge in [-0.25, -0.2) is 14.8 Å². The van der Waals surface area contributed by atoms with Gasteiger partial charge in [-0.15, -0.1) is 0 Å². The maximum atomic E-state index is 11.5. The van der Waals surface area contributed by atoms with Crippen molar-refractivity contribution in [2.24, 2.45) is 0 Å². The molecule has 0 bridgehead atoms. The molecule has 0 saturated carbocycles. The number of nitrogens with one attached hydrogen (secondary N) is 2. The van der Waals surface area contributed by atoms with Gasteiger partial charge in [0.15, 0.2) is 0 Å². The number of carbonyl (C=O) groups excluding carboxylic acids is 1. The van der Waals surface area contributed by atoms with Crippen molar-refractivity contribution in [3.8, 4) is 5.82 Å². The van der Waals surface area contributed by atoms with E-state index in [0.717, 1.165) is 17.2 Å². The second-order valence-electron chi connectivity index (χ2n) is 4.56. The van der Waals surface area contributed by atoms with E-state index in [1.165, 1.54) is 0 Å². The van der Waals surface area contributed by atoms with Crippen LogP contribution in [-0.4, -0.2) is 38.8 Å². The molecule has 0 aliphatic carbocycles. The molecular weight excluding hydrogens is 270 g/mol. The molecule has 0 saturated heterocycles. The van der Waals surface area contributed by atoms with Gasteiger partial charge in [-0.3, -0.25) is 4.57 Å². The van der Waals surface area contributed by atoms with Crippen molar-refractivity contribution in [1.29, 1.82) is 0 Å². The summed E-state index contributed by atoms with van der Waals surface area (Å²) in [5, 5.41) is 14.0. The molecule has 0 radical (unpaired) electrons. The summed E-state index contributed by atoms with van der Waals surface area (Å²) in [6, 6.07) is 3.54. The van der Waals surface area contributed by atoms with Crippen LogP contribution in [0.2, 0.25) is 0 Å². The summed E-state index contributed by atoms with van der Waals surface area (Å²) in [5.41, 5.74) is 0.911. The Balaban J connectivity index is 1.85. The molecule has 7 heteroatoms. The van der Waals surface area contributed by atoms with Crippen LogP contribution in [0.25, 0.3) is 5.82 Å². The number of imidazole rings is 1. The average Bonchev–Trinajstić information content (AvgIpc) is 2.92. The van der Waals surface area contributed by atoms with Gasteiger partial charge in [0, 0.05) is 38.3 Å². The van der Waals surface area contributed by atoms with Crippen molar-refractivity contribution in [3.63, 3.8) is 0 Å². The molecule has 21 heavy (non-hydrogen) atoms. The van der Waals surface area contributed by atoms with Gasteiger partial charge in [0.25, 0.3) is 0 Å². The van der Waals surface area contributed by atoms with Crippen LogP contribution in [0, 0.1) is 6.92 Å². The zero-order valence-corrected chi connectivity index (χ0v) is 11.9. The highest BCUT2D eigenvalue weighted by Crippen LogP contribution is 2.08. The Labute approximate surface area is 123 Å². The van der Waals surface area contributed by atoms with E-state index in [1.807, 2.05) is 29.8 Å². The van der Waals surface area contributed by atoms with E-state index in [4.69, 9.17) is 5.11 Å². The minimum Gasteiger partial charge on any atom is -0.396 e. The standard InChI is InChI=1S/C14H19N5O2/c1-11-15-6-7-19(11)13-4-3-12(9-17-13)10-18-14(21)16-5-2-8-20/h3-4,6-7,9,20H,2,5,8,10H2,1H3,(H2,16,18,21). The smallest absolute Gasteiger partial charge is 0.315 e. The van der Waals surface area contributed by atoms with Crippen molar-refractivity contribution in [2.45, 2.75) is 19.9 Å². The fourth-order valence-electron chi connectivity index (χ4n) is 1.81. The molecule has 2 heterocycles. The molecule has 0 aromatic carbocycles. The molecule has 3 N–H and O–H groups in total. The molecule has 112 valence electrons. The van der Waals surface area contributed by atoms with E-state index in [-0.39, 0.29) is 12.6 Å². The summed E-state index contributed by atoms with van der Waals surface area (Å²) < 4.78 is 1.89. The summed E-state index contributed by atoms with van der Waals surface area (Å²) in [7, 11) is 0. The zero-order chi connectivity index (χ0) is 15.1. The molecule has 0 aliphatic rings. The molecule has 0 fully saturated rings. The molecule has 0 atom stereocenters. The van der Waals surface area contributed by atoms with Crippen LogP contribution in [0.15, 0.2) is 30.7 Å². The Kier molecular flexibility index (Phi) is 5.28.